The van der Waals surface area contributed by atoms with Crippen molar-refractivity contribution in [1.29, 1.82) is 0 Å². The van der Waals surface area contributed by atoms with E-state index in [1.807, 2.05) is 17.0 Å². The van der Waals surface area contributed by atoms with Crippen LogP contribution in [0.15, 0.2) is 60.9 Å². The van der Waals surface area contributed by atoms with Crippen molar-refractivity contribution in [3.05, 3.63) is 89.5 Å². The lowest BCUT2D eigenvalue weighted by molar-refractivity contribution is -0.133. The lowest BCUT2D eigenvalue weighted by Crippen LogP contribution is -2.47. The second kappa shape index (κ2) is 21.0. The van der Waals surface area contributed by atoms with Crippen LogP contribution in [0.3, 0.4) is 0 Å². The largest absolute Gasteiger partial charge is 0.404 e. The van der Waals surface area contributed by atoms with Gasteiger partial charge in [0.1, 0.15) is 23.5 Å². The van der Waals surface area contributed by atoms with E-state index in [0.29, 0.717) is 43.7 Å². The lowest BCUT2D eigenvalue weighted by Gasteiger charge is -2.34. The molecule has 3 saturated heterocycles. The minimum absolute atomic E-state index is 0.176. The van der Waals surface area contributed by atoms with Gasteiger partial charge in [-0.1, -0.05) is 37.8 Å². The Morgan fingerprint density at radius 2 is 1.60 bits per heavy atom. The van der Waals surface area contributed by atoms with E-state index in [-0.39, 0.29) is 41.2 Å². The molecule has 0 radical (unpaired) electrons. The summed E-state index contributed by atoms with van der Waals surface area (Å²) in [6, 6.07) is 12.8. The Balaban J connectivity index is 0.794. The van der Waals surface area contributed by atoms with Crippen molar-refractivity contribution in [2.24, 2.45) is 5.73 Å². The van der Waals surface area contributed by atoms with Crippen molar-refractivity contribution in [1.82, 2.24) is 30.4 Å². The molecule has 3 amide bonds. The monoisotopic (exact) mass is 785 g/mol. The number of nitrogens with zero attached hydrogens (tertiary/aromatic N) is 5. The molecule has 5 N–H and O–H groups in total. The molecule has 12 nitrogen and oxygen atoms in total. The van der Waals surface area contributed by atoms with Gasteiger partial charge in [0.25, 0.3) is 5.91 Å². The Bertz CT molecular complexity index is 1830. The number of aromatic nitrogens is 2. The number of piperidine rings is 1. The molecule has 4 heterocycles. The van der Waals surface area contributed by atoms with Gasteiger partial charge in [0, 0.05) is 69.3 Å². The number of imide groups is 1. The van der Waals surface area contributed by atoms with Crippen molar-refractivity contribution >= 4 is 34.8 Å². The molecule has 14 heteroatoms. The molecule has 6 rings (SSSR count). The van der Waals surface area contributed by atoms with E-state index in [2.05, 4.69) is 47.9 Å². The average Bonchev–Trinajstić information content (AvgIpc) is 3.71. The first-order valence-electron chi connectivity index (χ1n) is 20.7. The van der Waals surface area contributed by atoms with Gasteiger partial charge in [0.05, 0.1) is 11.6 Å². The molecule has 2 aromatic carbocycles. The summed E-state index contributed by atoms with van der Waals surface area (Å²) in [5.74, 6) is -0.998. The number of hydrogen-bond donors (Lipinski definition) is 4. The normalized spacial score (nSPS) is 19.5. The van der Waals surface area contributed by atoms with E-state index in [0.717, 1.165) is 95.6 Å². The van der Waals surface area contributed by atoms with Gasteiger partial charge in [0.2, 0.25) is 11.8 Å². The highest BCUT2D eigenvalue weighted by molar-refractivity contribution is 6.18. The van der Waals surface area contributed by atoms with Crippen LogP contribution in [-0.4, -0.2) is 95.9 Å². The molecule has 57 heavy (non-hydrogen) atoms. The third-order valence-corrected chi connectivity index (χ3v) is 11.3. The molecule has 0 saturated carbocycles. The number of nitrogens with two attached hydrogens (primary N) is 1. The number of carbonyl (C=O) groups excluding carboxylic acids is 3. The summed E-state index contributed by atoms with van der Waals surface area (Å²) in [6.45, 7) is 7.83. The number of anilines is 2. The van der Waals surface area contributed by atoms with Gasteiger partial charge in [-0.2, -0.15) is 0 Å². The number of nitrogens with one attached hydrogen (secondary N) is 3. The predicted molar refractivity (Wildman–Crippen MR) is 218 cm³/mol. The fraction of sp³-hybridized carbons (Fsp3) is 0.512. The number of rotatable bonds is 19. The molecule has 3 fully saturated rings. The van der Waals surface area contributed by atoms with Crippen LogP contribution in [0.2, 0.25) is 0 Å². The van der Waals surface area contributed by atoms with E-state index in [1.165, 1.54) is 37.1 Å². The number of halogens is 2. The van der Waals surface area contributed by atoms with Crippen LogP contribution in [0.4, 0.5) is 20.3 Å². The fourth-order valence-electron chi connectivity index (χ4n) is 8.03. The minimum Gasteiger partial charge on any atom is -0.404 e. The maximum absolute atomic E-state index is 14.6. The van der Waals surface area contributed by atoms with Crippen LogP contribution in [0.5, 0.6) is 0 Å². The zero-order valence-electron chi connectivity index (χ0n) is 32.9. The molecule has 1 aromatic heterocycles. The summed E-state index contributed by atoms with van der Waals surface area (Å²) < 4.78 is 28.6. The topological polar surface area (TPSA) is 149 Å². The molecular formula is C43H57F2N9O3. The maximum Gasteiger partial charge on any atom is 0.256 e. The van der Waals surface area contributed by atoms with Crippen LogP contribution < -0.4 is 26.6 Å². The fourth-order valence-corrected chi connectivity index (χ4v) is 8.03. The van der Waals surface area contributed by atoms with Crippen molar-refractivity contribution in [3.8, 4) is 0 Å². The number of piperazine rings is 1. The third-order valence-electron chi connectivity index (χ3n) is 11.3. The van der Waals surface area contributed by atoms with E-state index in [9.17, 15) is 23.2 Å². The molecule has 0 spiro atoms. The highest BCUT2D eigenvalue weighted by Gasteiger charge is 2.30. The Hall–Kier alpha value is -4.95. The van der Waals surface area contributed by atoms with Gasteiger partial charge in [-0.3, -0.25) is 19.7 Å². The van der Waals surface area contributed by atoms with Gasteiger partial charge in [-0.25, -0.2) is 18.7 Å². The Labute approximate surface area is 334 Å². The van der Waals surface area contributed by atoms with Crippen molar-refractivity contribution < 1.29 is 23.2 Å². The smallest absolute Gasteiger partial charge is 0.256 e. The zero-order chi connectivity index (χ0) is 40.0. The second-order valence-corrected chi connectivity index (χ2v) is 15.3. The molecule has 3 aromatic rings. The number of hydrogen-bond acceptors (Lipinski definition) is 10. The first-order chi connectivity index (χ1) is 27.8. The average molecular weight is 786 g/mol. The van der Waals surface area contributed by atoms with Gasteiger partial charge in [-0.15, -0.1) is 0 Å². The highest BCUT2D eigenvalue weighted by Crippen LogP contribution is 2.37. The third kappa shape index (κ3) is 12.0. The molecule has 0 bridgehead atoms. The Kier molecular flexibility index (Phi) is 15.3. The van der Waals surface area contributed by atoms with E-state index in [1.54, 1.807) is 12.3 Å². The minimum atomic E-state index is -0.484. The number of carbonyl (C=O) groups is 3. The van der Waals surface area contributed by atoms with Gasteiger partial charge in [-0.05, 0) is 100.0 Å². The number of aryl methyl sites for hydroxylation is 1. The van der Waals surface area contributed by atoms with Gasteiger partial charge < -0.3 is 31.1 Å². The zero-order valence-corrected chi connectivity index (χ0v) is 32.9. The summed E-state index contributed by atoms with van der Waals surface area (Å²) >= 11 is 0. The van der Waals surface area contributed by atoms with E-state index in [4.69, 9.17) is 5.73 Å². The quantitative estimate of drug-likeness (QED) is 0.0716. The summed E-state index contributed by atoms with van der Waals surface area (Å²) in [5.41, 5.74) is 8.52. The van der Waals surface area contributed by atoms with Crippen LogP contribution in [0, 0.1) is 11.6 Å². The van der Waals surface area contributed by atoms with E-state index >= 15 is 0 Å². The van der Waals surface area contributed by atoms with Crippen LogP contribution >= 0.6 is 0 Å². The number of benzene rings is 2. The molecule has 2 atom stereocenters. The Morgan fingerprint density at radius 1 is 0.877 bits per heavy atom. The Morgan fingerprint density at radius 3 is 2.33 bits per heavy atom. The van der Waals surface area contributed by atoms with Crippen molar-refractivity contribution in [3.63, 3.8) is 0 Å². The van der Waals surface area contributed by atoms with Crippen molar-refractivity contribution in [2.45, 2.75) is 89.1 Å². The summed E-state index contributed by atoms with van der Waals surface area (Å²) in [7, 11) is 0. The standard InChI is InChI=1S/C43H57F2N9O3/c44-32-13-16-36(45)34(29-32)38-10-8-24-54(38)39-19-21-47-41(50-39)35(30-46)42(56)48-20-5-3-1-2-4-6-22-52-25-27-53(28-26-52)23-7-9-31-11-14-33(15-12-31)49-37-17-18-40(55)51-43(37)57/h11-16,19,21,29-30,37-38,49H,1-10,17-18,20,22-28,46H2,(H,48,56)(H,51,55,57)/b35-30+. The van der Waals surface area contributed by atoms with Crippen LogP contribution in [-0.2, 0) is 20.8 Å². The van der Waals surface area contributed by atoms with E-state index < -0.39 is 11.6 Å². The summed E-state index contributed by atoms with van der Waals surface area (Å²) in [4.78, 5) is 52.4. The molecule has 306 valence electrons. The molecule has 3 aliphatic heterocycles. The number of unbranched alkanes of at least 4 members (excludes halogenated alkanes) is 5. The van der Waals surface area contributed by atoms with Gasteiger partial charge >= 0.3 is 0 Å². The lowest BCUT2D eigenvalue weighted by atomic mass is 10.0. The second-order valence-electron chi connectivity index (χ2n) is 15.3. The highest BCUT2D eigenvalue weighted by atomic mass is 19.1. The first-order valence-corrected chi connectivity index (χ1v) is 20.7. The summed E-state index contributed by atoms with van der Waals surface area (Å²) in [6.07, 6.45) is 13.9. The summed E-state index contributed by atoms with van der Waals surface area (Å²) in [5, 5.41) is 8.58. The first kappa shape index (κ1) is 41.7. The maximum atomic E-state index is 14.6. The molecule has 2 unspecified atom stereocenters. The number of amides is 3. The molecule has 3 aliphatic rings. The van der Waals surface area contributed by atoms with Gasteiger partial charge in [0.15, 0.2) is 5.82 Å². The van der Waals surface area contributed by atoms with Crippen LogP contribution in [0.25, 0.3) is 5.57 Å². The van der Waals surface area contributed by atoms with Crippen LogP contribution in [0.1, 0.15) is 93.6 Å². The SMILES string of the molecule is N/C=C(/C(=O)NCCCCCCCCN1CCN(CCCc2ccc(NC3CCC(=O)NC3=O)cc2)CC1)c1nccc(N2CCCC2c2cc(F)ccc2F)n1. The predicted octanol–water partition coefficient (Wildman–Crippen LogP) is 5.32. The molecular weight excluding hydrogens is 729 g/mol. The molecule has 0 aliphatic carbocycles. The van der Waals surface area contributed by atoms with Crippen molar-refractivity contribution in [2.75, 3.05) is 62.6 Å².